The van der Waals surface area contributed by atoms with E-state index in [-0.39, 0.29) is 11.3 Å². The van der Waals surface area contributed by atoms with Gasteiger partial charge < -0.3 is 11.1 Å². The minimum atomic E-state index is -0.678. The second-order valence-corrected chi connectivity index (χ2v) is 4.85. The van der Waals surface area contributed by atoms with E-state index in [9.17, 15) is 14.9 Å². The summed E-state index contributed by atoms with van der Waals surface area (Å²) in [7, 11) is 0. The minimum absolute atomic E-state index is 0.0667. The highest BCUT2D eigenvalue weighted by Gasteiger charge is 2.23. The van der Waals surface area contributed by atoms with Crippen molar-refractivity contribution in [2.75, 3.05) is 11.1 Å². The Morgan fingerprint density at radius 3 is 2.71 bits per heavy atom. The van der Waals surface area contributed by atoms with Crippen LogP contribution in [0, 0.1) is 17.0 Å². The van der Waals surface area contributed by atoms with Gasteiger partial charge in [0.25, 0.3) is 5.91 Å². The van der Waals surface area contributed by atoms with Crippen LogP contribution in [-0.2, 0) is 0 Å². The molecule has 0 aromatic heterocycles. The van der Waals surface area contributed by atoms with Gasteiger partial charge in [0.2, 0.25) is 0 Å². The summed E-state index contributed by atoms with van der Waals surface area (Å²) in [6.07, 6.45) is 0. The Labute approximate surface area is 125 Å². The molecule has 0 aliphatic rings. The average Bonchev–Trinajstić information content (AvgIpc) is 2.42. The van der Waals surface area contributed by atoms with Gasteiger partial charge in [0, 0.05) is 0 Å². The molecule has 0 saturated carbocycles. The molecule has 108 valence electrons. The number of anilines is 2. The molecule has 7 heteroatoms. The molecular formula is C14H12ClN3O3. The lowest BCUT2D eigenvalue weighted by atomic mass is 10.1. The fourth-order valence-electron chi connectivity index (χ4n) is 1.87. The summed E-state index contributed by atoms with van der Waals surface area (Å²) < 4.78 is 0. The van der Waals surface area contributed by atoms with E-state index in [1.165, 1.54) is 18.2 Å². The summed E-state index contributed by atoms with van der Waals surface area (Å²) in [4.78, 5) is 22.6. The van der Waals surface area contributed by atoms with Gasteiger partial charge in [0.05, 0.1) is 15.6 Å². The van der Waals surface area contributed by atoms with E-state index in [1.807, 2.05) is 6.92 Å². The molecule has 0 unspecified atom stereocenters. The molecule has 0 bridgehead atoms. The van der Waals surface area contributed by atoms with E-state index in [0.29, 0.717) is 10.7 Å². The average molecular weight is 306 g/mol. The number of benzene rings is 2. The maximum Gasteiger partial charge on any atom is 0.304 e. The van der Waals surface area contributed by atoms with Gasteiger partial charge in [-0.25, -0.2) is 0 Å². The highest BCUT2D eigenvalue weighted by Crippen LogP contribution is 2.28. The Balaban J connectivity index is 2.40. The molecule has 0 fully saturated rings. The lowest BCUT2D eigenvalue weighted by Gasteiger charge is -2.09. The van der Waals surface area contributed by atoms with Crippen LogP contribution in [0.4, 0.5) is 17.1 Å². The van der Waals surface area contributed by atoms with Crippen molar-refractivity contribution in [3.05, 3.63) is 62.7 Å². The third kappa shape index (κ3) is 3.11. The number of nitrogens with zero attached hydrogens (tertiary/aromatic N) is 1. The Bertz CT molecular complexity index is 731. The number of carbonyl (C=O) groups excluding carboxylic acids is 1. The Hall–Kier alpha value is -2.60. The van der Waals surface area contributed by atoms with Crippen LogP contribution in [-0.4, -0.2) is 10.8 Å². The van der Waals surface area contributed by atoms with Crippen molar-refractivity contribution in [2.24, 2.45) is 0 Å². The number of nitro groups is 1. The molecule has 2 aromatic carbocycles. The largest absolute Gasteiger partial charge is 0.393 e. The lowest BCUT2D eigenvalue weighted by molar-refractivity contribution is -0.384. The zero-order chi connectivity index (χ0) is 15.6. The van der Waals surface area contributed by atoms with Crippen molar-refractivity contribution in [1.82, 2.24) is 0 Å². The molecule has 0 saturated heterocycles. The second-order valence-electron chi connectivity index (χ2n) is 4.44. The number of amides is 1. The molecule has 3 N–H and O–H groups in total. The highest BCUT2D eigenvalue weighted by atomic mass is 35.5. The van der Waals surface area contributed by atoms with E-state index in [4.69, 9.17) is 17.3 Å². The first kappa shape index (κ1) is 14.8. The van der Waals surface area contributed by atoms with Crippen LogP contribution >= 0.6 is 11.6 Å². The molecule has 0 spiro atoms. The van der Waals surface area contributed by atoms with Crippen molar-refractivity contribution in [3.63, 3.8) is 0 Å². The van der Waals surface area contributed by atoms with Crippen molar-refractivity contribution in [3.8, 4) is 0 Å². The molecule has 6 nitrogen and oxygen atoms in total. The van der Waals surface area contributed by atoms with Crippen molar-refractivity contribution >= 4 is 34.6 Å². The normalized spacial score (nSPS) is 10.2. The zero-order valence-corrected chi connectivity index (χ0v) is 11.8. The standard InChI is InChI=1S/C14H12ClN3O3/c1-8-5-6-10(15)12(7-8)17-14(19)9-3-2-4-11(16)13(9)18(20)21/h2-7H,16H2,1H3,(H,17,19). The second kappa shape index (κ2) is 5.80. The van der Waals surface area contributed by atoms with Gasteiger partial charge in [-0.2, -0.15) is 0 Å². The number of rotatable bonds is 3. The SMILES string of the molecule is Cc1ccc(Cl)c(NC(=O)c2cccc(N)c2[N+](=O)[O-])c1. The number of nitrogen functional groups attached to an aromatic ring is 1. The molecule has 0 radical (unpaired) electrons. The fraction of sp³-hybridized carbons (Fsp3) is 0.0714. The van der Waals surface area contributed by atoms with Crippen LogP contribution in [0.25, 0.3) is 0 Å². The minimum Gasteiger partial charge on any atom is -0.393 e. The number of aryl methyl sites for hydroxylation is 1. The molecule has 0 aliphatic carbocycles. The van der Waals surface area contributed by atoms with Gasteiger partial charge in [-0.3, -0.25) is 14.9 Å². The van der Waals surface area contributed by atoms with Crippen molar-refractivity contribution in [1.29, 1.82) is 0 Å². The number of carbonyl (C=O) groups is 1. The van der Waals surface area contributed by atoms with E-state index < -0.39 is 16.5 Å². The van der Waals surface area contributed by atoms with E-state index in [1.54, 1.807) is 18.2 Å². The third-order valence-electron chi connectivity index (χ3n) is 2.86. The number of para-hydroxylation sites is 1. The predicted octanol–water partition coefficient (Wildman–Crippen LogP) is 3.39. The lowest BCUT2D eigenvalue weighted by Crippen LogP contribution is -2.15. The van der Waals surface area contributed by atoms with Crippen LogP contribution in [0.15, 0.2) is 36.4 Å². The molecule has 0 atom stereocenters. The first-order valence-corrected chi connectivity index (χ1v) is 6.38. The summed E-state index contributed by atoms with van der Waals surface area (Å²) in [6, 6.07) is 9.30. The van der Waals surface area contributed by atoms with E-state index >= 15 is 0 Å². The fourth-order valence-corrected chi connectivity index (χ4v) is 2.04. The van der Waals surface area contributed by atoms with Gasteiger partial charge in [0.15, 0.2) is 0 Å². The van der Waals surface area contributed by atoms with Crippen molar-refractivity contribution < 1.29 is 9.72 Å². The van der Waals surface area contributed by atoms with Crippen molar-refractivity contribution in [2.45, 2.75) is 6.92 Å². The smallest absolute Gasteiger partial charge is 0.304 e. The number of halogens is 1. The quantitative estimate of drug-likeness (QED) is 0.516. The summed E-state index contributed by atoms with van der Waals surface area (Å²) in [5.41, 5.74) is 6.25. The van der Waals surface area contributed by atoms with Crippen LogP contribution < -0.4 is 11.1 Å². The summed E-state index contributed by atoms with van der Waals surface area (Å²) in [5, 5.41) is 13.9. The van der Waals surface area contributed by atoms with Gasteiger partial charge in [-0.15, -0.1) is 0 Å². The molecule has 21 heavy (non-hydrogen) atoms. The molecule has 0 aliphatic heterocycles. The Kier molecular flexibility index (Phi) is 4.09. The number of nitrogens with one attached hydrogen (secondary N) is 1. The Morgan fingerprint density at radius 1 is 1.33 bits per heavy atom. The van der Waals surface area contributed by atoms with Gasteiger partial charge >= 0.3 is 5.69 Å². The number of hydrogen-bond donors (Lipinski definition) is 2. The molecule has 1 amide bonds. The zero-order valence-electron chi connectivity index (χ0n) is 11.1. The predicted molar refractivity (Wildman–Crippen MR) is 81.7 cm³/mol. The molecular weight excluding hydrogens is 294 g/mol. The third-order valence-corrected chi connectivity index (χ3v) is 3.19. The topological polar surface area (TPSA) is 98.3 Å². The maximum atomic E-state index is 12.2. The van der Waals surface area contributed by atoms with Gasteiger partial charge in [-0.1, -0.05) is 23.7 Å². The Morgan fingerprint density at radius 2 is 2.05 bits per heavy atom. The van der Waals surface area contributed by atoms with Crippen LogP contribution in [0.3, 0.4) is 0 Å². The monoisotopic (exact) mass is 305 g/mol. The summed E-state index contributed by atoms with van der Waals surface area (Å²) in [6.45, 7) is 1.84. The molecule has 2 rings (SSSR count). The first-order chi connectivity index (χ1) is 9.90. The highest BCUT2D eigenvalue weighted by molar-refractivity contribution is 6.34. The van der Waals surface area contributed by atoms with E-state index in [0.717, 1.165) is 5.56 Å². The number of nitrogens with two attached hydrogens (primary N) is 1. The molecule has 0 heterocycles. The summed E-state index contributed by atoms with van der Waals surface area (Å²) in [5.74, 6) is -0.638. The van der Waals surface area contributed by atoms with Crippen LogP contribution in [0.1, 0.15) is 15.9 Å². The summed E-state index contributed by atoms with van der Waals surface area (Å²) >= 11 is 5.99. The van der Waals surface area contributed by atoms with Gasteiger partial charge in [0.1, 0.15) is 11.3 Å². The number of hydrogen-bond acceptors (Lipinski definition) is 4. The maximum absolute atomic E-state index is 12.2. The number of nitro benzene ring substituents is 1. The van der Waals surface area contributed by atoms with E-state index in [2.05, 4.69) is 5.32 Å². The van der Waals surface area contributed by atoms with Crippen LogP contribution in [0.5, 0.6) is 0 Å². The first-order valence-electron chi connectivity index (χ1n) is 6.00. The van der Waals surface area contributed by atoms with Crippen LogP contribution in [0.2, 0.25) is 5.02 Å². The van der Waals surface area contributed by atoms with Gasteiger partial charge in [-0.05, 0) is 36.8 Å². The molecule has 2 aromatic rings.